The Balaban J connectivity index is 1.25. The second-order valence-electron chi connectivity index (χ2n) is 11.0. The third kappa shape index (κ3) is 5.95. The predicted molar refractivity (Wildman–Crippen MR) is 150 cm³/mol. The number of nitrogen functional groups attached to an aromatic ring is 1. The van der Waals surface area contributed by atoms with E-state index in [1.807, 2.05) is 45.9 Å². The first-order valence-electron chi connectivity index (χ1n) is 12.9. The van der Waals surface area contributed by atoms with E-state index in [-0.39, 0.29) is 17.6 Å². The lowest BCUT2D eigenvalue weighted by molar-refractivity contribution is 0.0434. The number of nitrogens with one attached hydrogen (secondary N) is 1. The number of halogens is 1. The van der Waals surface area contributed by atoms with Crippen LogP contribution in [0.4, 0.5) is 16.4 Å². The van der Waals surface area contributed by atoms with E-state index in [0.717, 1.165) is 36.6 Å². The zero-order valence-corrected chi connectivity index (χ0v) is 24.0. The first kappa shape index (κ1) is 27.5. The first-order valence-corrected chi connectivity index (χ1v) is 14.1. The summed E-state index contributed by atoms with van der Waals surface area (Å²) in [6, 6.07) is 5.50. The number of rotatable bonds is 5. The number of ether oxygens (including phenoxy) is 2. The number of hydrogen-bond acceptors (Lipinski definition) is 10. The van der Waals surface area contributed by atoms with Crippen molar-refractivity contribution in [1.29, 1.82) is 0 Å². The average Bonchev–Trinajstić information content (AvgIpc) is 3.51. The maximum atomic E-state index is 12.5. The molecule has 1 aromatic carbocycles. The summed E-state index contributed by atoms with van der Waals surface area (Å²) in [5.41, 5.74) is 6.32. The number of piperidine rings is 1. The van der Waals surface area contributed by atoms with Crippen LogP contribution in [0.2, 0.25) is 5.02 Å². The molecule has 1 spiro atoms. The number of carbonyl (C=O) groups is 1. The summed E-state index contributed by atoms with van der Waals surface area (Å²) in [4.78, 5) is 28.9. The van der Waals surface area contributed by atoms with Crippen LogP contribution in [-0.2, 0) is 9.47 Å². The molecule has 0 unspecified atom stereocenters. The average molecular weight is 573 g/mol. The second kappa shape index (κ2) is 10.9. The van der Waals surface area contributed by atoms with Crippen LogP contribution in [0.5, 0.6) is 0 Å². The van der Waals surface area contributed by atoms with Crippen molar-refractivity contribution in [2.75, 3.05) is 30.3 Å². The van der Waals surface area contributed by atoms with Gasteiger partial charge >= 0.3 is 6.09 Å². The number of aromatic nitrogens is 3. The number of oxazole rings is 1. The smallest absolute Gasteiger partial charge is 0.407 e. The maximum absolute atomic E-state index is 12.5. The molecule has 39 heavy (non-hydrogen) atoms. The lowest BCUT2D eigenvalue weighted by atomic mass is 9.73. The number of anilines is 2. The Kier molecular flexibility index (Phi) is 7.67. The van der Waals surface area contributed by atoms with E-state index < -0.39 is 11.7 Å². The van der Waals surface area contributed by atoms with Gasteiger partial charge in [-0.1, -0.05) is 29.4 Å². The number of hydrogen-bond donors (Lipinski definition) is 2. The highest BCUT2D eigenvalue weighted by atomic mass is 35.5. The molecular weight excluding hydrogens is 540 g/mol. The van der Waals surface area contributed by atoms with Crippen LogP contribution in [0, 0.1) is 5.41 Å². The Bertz CT molecular complexity index is 1320. The summed E-state index contributed by atoms with van der Waals surface area (Å²) in [5, 5.41) is 4.16. The molecule has 3 N–H and O–H groups in total. The number of amides is 1. The normalized spacial score (nSPS) is 20.8. The highest BCUT2D eigenvalue weighted by Crippen LogP contribution is 2.44. The van der Waals surface area contributed by atoms with Gasteiger partial charge in [0.15, 0.2) is 5.82 Å². The zero-order valence-electron chi connectivity index (χ0n) is 22.4. The van der Waals surface area contributed by atoms with Crippen LogP contribution < -0.4 is 16.0 Å². The minimum atomic E-state index is -0.558. The molecule has 0 bridgehead atoms. The fourth-order valence-electron chi connectivity index (χ4n) is 5.15. The number of nitrogens with zero attached hydrogens (tertiary/aromatic N) is 4. The molecule has 12 heteroatoms. The second-order valence-corrected chi connectivity index (χ2v) is 12.4. The van der Waals surface area contributed by atoms with Crippen LogP contribution in [0.1, 0.15) is 40.5 Å². The van der Waals surface area contributed by atoms with Gasteiger partial charge in [0.2, 0.25) is 5.89 Å². The highest BCUT2D eigenvalue weighted by molar-refractivity contribution is 7.99. The lowest BCUT2D eigenvalue weighted by Gasteiger charge is -2.43. The minimum absolute atomic E-state index is 0.0929. The van der Waals surface area contributed by atoms with Gasteiger partial charge in [0.05, 0.1) is 41.7 Å². The van der Waals surface area contributed by atoms with Gasteiger partial charge in [-0.05, 0) is 52.7 Å². The van der Waals surface area contributed by atoms with Crippen molar-refractivity contribution < 1.29 is 18.7 Å². The molecule has 2 fully saturated rings. The van der Waals surface area contributed by atoms with Gasteiger partial charge in [-0.25, -0.2) is 19.7 Å². The Labute approximate surface area is 237 Å². The Morgan fingerprint density at radius 2 is 2.05 bits per heavy atom. The van der Waals surface area contributed by atoms with Gasteiger partial charge in [-0.2, -0.15) is 0 Å². The van der Waals surface area contributed by atoms with Crippen LogP contribution in [-0.4, -0.2) is 58.5 Å². The molecule has 4 heterocycles. The van der Waals surface area contributed by atoms with E-state index in [2.05, 4.69) is 25.2 Å². The fraction of sp³-hybridized carbons (Fsp3) is 0.481. The van der Waals surface area contributed by atoms with Crippen molar-refractivity contribution >= 4 is 41.1 Å². The summed E-state index contributed by atoms with van der Waals surface area (Å²) >= 11 is 7.98. The molecular formula is C27H33ClN6O4S. The number of benzene rings is 1. The largest absolute Gasteiger partial charge is 0.444 e. The SMILES string of the molecule is C[C@@H]1OCC2(CCN(c3cnc(Sc4cccc(-c5ncco5)c4Cl)c(N)n3)CC2)[C@@H]1NC(=O)OC(C)(C)C. The number of nitrogens with two attached hydrogens (primary N) is 1. The van der Waals surface area contributed by atoms with Crippen molar-refractivity contribution in [3.8, 4) is 11.5 Å². The molecule has 0 aliphatic carbocycles. The maximum Gasteiger partial charge on any atom is 0.407 e. The lowest BCUT2D eigenvalue weighted by Crippen LogP contribution is -2.55. The summed E-state index contributed by atoms with van der Waals surface area (Å²) in [6.45, 7) is 9.65. The van der Waals surface area contributed by atoms with Gasteiger partial charge in [0.1, 0.15) is 22.7 Å². The highest BCUT2D eigenvalue weighted by Gasteiger charge is 2.50. The fourth-order valence-corrected chi connectivity index (χ4v) is 6.28. The van der Waals surface area contributed by atoms with E-state index >= 15 is 0 Å². The van der Waals surface area contributed by atoms with Crippen molar-refractivity contribution in [2.24, 2.45) is 5.41 Å². The standard InChI is InChI=1S/C27H33ClN6O4S/c1-16-21(33-25(35)38-26(2,3)4)27(15-37-16)8-11-34(12-9-27)19-14-31-24(22(29)32-19)39-18-7-5-6-17(20(18)28)23-30-10-13-36-23/h5-7,10,13-14,16,21H,8-9,11-12,15H2,1-4H3,(H2,29,32)(H,33,35)/t16-,21+/m0/s1. The molecule has 208 valence electrons. The van der Waals surface area contributed by atoms with Crippen LogP contribution in [0.3, 0.4) is 0 Å². The topological polar surface area (TPSA) is 129 Å². The summed E-state index contributed by atoms with van der Waals surface area (Å²) in [6.07, 6.45) is 5.99. The third-order valence-corrected chi connectivity index (χ3v) is 8.69. The molecule has 0 saturated carbocycles. The minimum Gasteiger partial charge on any atom is -0.444 e. The van der Waals surface area contributed by atoms with Gasteiger partial charge in [0, 0.05) is 23.4 Å². The Morgan fingerprint density at radius 3 is 2.72 bits per heavy atom. The summed E-state index contributed by atoms with van der Waals surface area (Å²) in [5.74, 6) is 1.50. The number of alkyl carbamates (subject to hydrolysis) is 1. The van der Waals surface area contributed by atoms with E-state index in [1.54, 1.807) is 12.4 Å². The monoisotopic (exact) mass is 572 g/mol. The van der Waals surface area contributed by atoms with E-state index in [0.29, 0.717) is 33.9 Å². The van der Waals surface area contributed by atoms with Crippen molar-refractivity contribution in [3.63, 3.8) is 0 Å². The molecule has 2 saturated heterocycles. The molecule has 2 aliphatic heterocycles. The molecule has 2 atom stereocenters. The van der Waals surface area contributed by atoms with Gasteiger partial charge in [-0.3, -0.25) is 0 Å². The molecule has 0 radical (unpaired) electrons. The Hall–Kier alpha value is -3.02. The molecule has 2 aromatic heterocycles. The summed E-state index contributed by atoms with van der Waals surface area (Å²) < 4.78 is 16.9. The summed E-state index contributed by atoms with van der Waals surface area (Å²) in [7, 11) is 0. The molecule has 2 aliphatic rings. The van der Waals surface area contributed by atoms with E-state index in [1.165, 1.54) is 18.0 Å². The number of carbonyl (C=O) groups excluding carboxylic acids is 1. The van der Waals surface area contributed by atoms with Crippen LogP contribution in [0.25, 0.3) is 11.5 Å². The van der Waals surface area contributed by atoms with Gasteiger partial charge in [0.25, 0.3) is 0 Å². The Morgan fingerprint density at radius 1 is 1.28 bits per heavy atom. The van der Waals surface area contributed by atoms with Crippen LogP contribution >= 0.6 is 23.4 Å². The van der Waals surface area contributed by atoms with Crippen molar-refractivity contribution in [3.05, 3.63) is 41.9 Å². The molecule has 3 aromatic rings. The van der Waals surface area contributed by atoms with Crippen molar-refractivity contribution in [2.45, 2.75) is 68.2 Å². The van der Waals surface area contributed by atoms with Gasteiger partial charge < -0.3 is 29.8 Å². The third-order valence-electron chi connectivity index (χ3n) is 7.10. The van der Waals surface area contributed by atoms with Crippen molar-refractivity contribution in [1.82, 2.24) is 20.3 Å². The van der Waals surface area contributed by atoms with E-state index in [4.69, 9.17) is 31.2 Å². The van der Waals surface area contributed by atoms with Crippen LogP contribution in [0.15, 0.2) is 51.2 Å². The van der Waals surface area contributed by atoms with Gasteiger partial charge in [-0.15, -0.1) is 0 Å². The molecule has 1 amide bonds. The molecule has 10 nitrogen and oxygen atoms in total. The quantitative estimate of drug-likeness (QED) is 0.409. The predicted octanol–water partition coefficient (Wildman–Crippen LogP) is 5.42. The molecule has 5 rings (SSSR count). The first-order chi connectivity index (χ1) is 18.5. The zero-order chi connectivity index (χ0) is 27.8. The van der Waals surface area contributed by atoms with E-state index in [9.17, 15) is 4.79 Å².